The molecular formula is C27H23ClFNO5. The SMILES string of the molecule is CCOc1cc(C2/C(=C(/O)c3cccc(Cl)c3)C(=O)C(=O)N2CCc2ccc(F)cc2)ccc1O. The minimum Gasteiger partial charge on any atom is -0.507 e. The van der Waals surface area contributed by atoms with Gasteiger partial charge in [-0.1, -0.05) is 41.9 Å². The van der Waals surface area contributed by atoms with Gasteiger partial charge in [0.25, 0.3) is 11.7 Å². The Balaban J connectivity index is 1.81. The van der Waals surface area contributed by atoms with Gasteiger partial charge in [0.1, 0.15) is 11.6 Å². The van der Waals surface area contributed by atoms with Crippen molar-refractivity contribution >= 4 is 29.1 Å². The van der Waals surface area contributed by atoms with Crippen molar-refractivity contribution in [2.75, 3.05) is 13.2 Å². The van der Waals surface area contributed by atoms with Gasteiger partial charge in [-0.25, -0.2) is 4.39 Å². The van der Waals surface area contributed by atoms with Crippen LogP contribution in [0.4, 0.5) is 4.39 Å². The highest BCUT2D eigenvalue weighted by Crippen LogP contribution is 2.42. The zero-order valence-corrected chi connectivity index (χ0v) is 19.6. The van der Waals surface area contributed by atoms with Gasteiger partial charge in [0.05, 0.1) is 18.2 Å². The molecule has 0 spiro atoms. The molecule has 3 aromatic rings. The summed E-state index contributed by atoms with van der Waals surface area (Å²) in [7, 11) is 0. The van der Waals surface area contributed by atoms with Crippen molar-refractivity contribution in [2.45, 2.75) is 19.4 Å². The summed E-state index contributed by atoms with van der Waals surface area (Å²) < 4.78 is 18.8. The highest BCUT2D eigenvalue weighted by atomic mass is 35.5. The molecule has 8 heteroatoms. The molecule has 1 saturated heterocycles. The summed E-state index contributed by atoms with van der Waals surface area (Å²) in [5.74, 6) is -2.23. The van der Waals surface area contributed by atoms with Gasteiger partial charge < -0.3 is 19.8 Å². The van der Waals surface area contributed by atoms with Gasteiger partial charge in [-0.15, -0.1) is 0 Å². The van der Waals surface area contributed by atoms with Crippen LogP contribution in [-0.4, -0.2) is 40.0 Å². The second-order valence-corrected chi connectivity index (χ2v) is 8.48. The Morgan fingerprint density at radius 1 is 1.09 bits per heavy atom. The number of likely N-dealkylation sites (tertiary alicyclic amines) is 1. The average molecular weight is 496 g/mol. The van der Waals surface area contributed by atoms with E-state index >= 15 is 0 Å². The molecule has 0 aliphatic carbocycles. The molecule has 1 aliphatic heterocycles. The van der Waals surface area contributed by atoms with Gasteiger partial charge >= 0.3 is 0 Å². The lowest BCUT2D eigenvalue weighted by molar-refractivity contribution is -0.139. The van der Waals surface area contributed by atoms with E-state index in [4.69, 9.17) is 16.3 Å². The Labute approximate surface area is 206 Å². The third-order valence-electron chi connectivity index (χ3n) is 5.79. The minimum absolute atomic E-state index is 0.0892. The smallest absolute Gasteiger partial charge is 0.295 e. The normalized spacial score (nSPS) is 17.1. The molecule has 1 amide bonds. The van der Waals surface area contributed by atoms with E-state index in [0.29, 0.717) is 29.2 Å². The zero-order chi connectivity index (χ0) is 25.1. The monoisotopic (exact) mass is 495 g/mol. The number of Topliss-reactive ketones (excluding diaryl/α,β-unsaturated/α-hetero) is 1. The first-order valence-corrected chi connectivity index (χ1v) is 11.4. The molecule has 0 aromatic heterocycles. The van der Waals surface area contributed by atoms with E-state index in [0.717, 1.165) is 5.56 Å². The Kier molecular flexibility index (Phi) is 7.07. The van der Waals surface area contributed by atoms with Crippen LogP contribution in [0, 0.1) is 5.82 Å². The summed E-state index contributed by atoms with van der Waals surface area (Å²) in [4.78, 5) is 27.6. The van der Waals surface area contributed by atoms with Gasteiger partial charge in [-0.05, 0) is 60.9 Å². The molecule has 3 aromatic carbocycles. The van der Waals surface area contributed by atoms with Gasteiger partial charge in [0.2, 0.25) is 0 Å². The van der Waals surface area contributed by atoms with Crippen molar-refractivity contribution in [3.63, 3.8) is 0 Å². The number of carbonyl (C=O) groups is 2. The first-order valence-electron chi connectivity index (χ1n) is 11.0. The van der Waals surface area contributed by atoms with Crippen LogP contribution in [0.1, 0.15) is 29.7 Å². The van der Waals surface area contributed by atoms with Crippen LogP contribution < -0.4 is 4.74 Å². The van der Waals surface area contributed by atoms with E-state index in [-0.39, 0.29) is 35.2 Å². The predicted octanol–water partition coefficient (Wildman–Crippen LogP) is 5.25. The second-order valence-electron chi connectivity index (χ2n) is 8.04. The number of amides is 1. The number of phenols is 1. The Morgan fingerprint density at radius 2 is 1.83 bits per heavy atom. The van der Waals surface area contributed by atoms with Crippen LogP contribution in [0.25, 0.3) is 5.76 Å². The topological polar surface area (TPSA) is 87.1 Å². The summed E-state index contributed by atoms with van der Waals surface area (Å²) in [6.07, 6.45) is 0.359. The molecule has 2 N–H and O–H groups in total. The number of aliphatic hydroxyl groups is 1. The van der Waals surface area contributed by atoms with Crippen LogP contribution in [0.2, 0.25) is 5.02 Å². The third-order valence-corrected chi connectivity index (χ3v) is 6.03. The van der Waals surface area contributed by atoms with Crippen molar-refractivity contribution in [2.24, 2.45) is 0 Å². The molecule has 0 saturated carbocycles. The van der Waals surface area contributed by atoms with Crippen LogP contribution in [0.3, 0.4) is 0 Å². The number of aliphatic hydroxyl groups excluding tert-OH is 1. The summed E-state index contributed by atoms with van der Waals surface area (Å²) >= 11 is 6.08. The van der Waals surface area contributed by atoms with E-state index in [9.17, 15) is 24.2 Å². The van der Waals surface area contributed by atoms with E-state index in [1.807, 2.05) is 0 Å². The molecule has 1 atom stereocenters. The van der Waals surface area contributed by atoms with Crippen molar-refractivity contribution < 1.29 is 28.9 Å². The number of rotatable bonds is 7. The fourth-order valence-electron chi connectivity index (χ4n) is 4.12. The molecule has 1 heterocycles. The van der Waals surface area contributed by atoms with Crippen LogP contribution in [0.5, 0.6) is 11.5 Å². The summed E-state index contributed by atoms with van der Waals surface area (Å²) in [5.41, 5.74) is 1.46. The molecule has 1 fully saturated rings. The molecular weight excluding hydrogens is 473 g/mol. The Hall–Kier alpha value is -3.84. The maximum Gasteiger partial charge on any atom is 0.295 e. The number of nitrogens with zero attached hydrogens (tertiary/aromatic N) is 1. The maximum atomic E-state index is 13.3. The number of aromatic hydroxyl groups is 1. The summed E-state index contributed by atoms with van der Waals surface area (Å²) in [5, 5.41) is 21.6. The largest absolute Gasteiger partial charge is 0.507 e. The van der Waals surface area contributed by atoms with E-state index in [2.05, 4.69) is 0 Å². The lowest BCUT2D eigenvalue weighted by Gasteiger charge is -2.26. The standard InChI is InChI=1S/C27H23ClFNO5/c1-2-35-22-15-17(8-11-21(22)31)24-23(25(32)18-4-3-5-19(28)14-18)26(33)27(34)30(24)13-12-16-6-9-20(29)10-7-16/h3-11,14-15,24,31-32H,2,12-13H2,1H3/b25-23-. The maximum absolute atomic E-state index is 13.3. The summed E-state index contributed by atoms with van der Waals surface area (Å²) in [6.45, 7) is 2.20. The van der Waals surface area contributed by atoms with Gasteiger partial charge in [-0.2, -0.15) is 0 Å². The molecule has 0 bridgehead atoms. The number of halogens is 2. The van der Waals surface area contributed by atoms with Gasteiger partial charge in [-0.3, -0.25) is 9.59 Å². The Bertz CT molecular complexity index is 1310. The third kappa shape index (κ3) is 5.00. The van der Waals surface area contributed by atoms with E-state index in [1.165, 1.54) is 29.2 Å². The first kappa shape index (κ1) is 24.3. The number of phenolic OH excluding ortho intramolecular Hbond substituents is 1. The highest BCUT2D eigenvalue weighted by molar-refractivity contribution is 6.46. The molecule has 4 rings (SSSR count). The first-order chi connectivity index (χ1) is 16.8. The number of ketones is 1. The van der Waals surface area contributed by atoms with Crippen molar-refractivity contribution in [3.05, 3.63) is 99.8 Å². The number of benzene rings is 3. The lowest BCUT2D eigenvalue weighted by atomic mass is 9.95. The fourth-order valence-corrected chi connectivity index (χ4v) is 4.31. The number of hydrogen-bond acceptors (Lipinski definition) is 5. The predicted molar refractivity (Wildman–Crippen MR) is 130 cm³/mol. The number of ether oxygens (including phenoxy) is 1. The van der Waals surface area contributed by atoms with Crippen LogP contribution in [0.15, 0.2) is 72.3 Å². The lowest BCUT2D eigenvalue weighted by Crippen LogP contribution is -2.31. The summed E-state index contributed by atoms with van der Waals surface area (Å²) in [6, 6.07) is 15.8. The molecule has 35 heavy (non-hydrogen) atoms. The highest BCUT2D eigenvalue weighted by Gasteiger charge is 2.46. The Morgan fingerprint density at radius 3 is 2.51 bits per heavy atom. The van der Waals surface area contributed by atoms with E-state index in [1.54, 1.807) is 49.4 Å². The molecule has 1 unspecified atom stereocenters. The van der Waals surface area contributed by atoms with E-state index < -0.39 is 17.7 Å². The van der Waals surface area contributed by atoms with Gasteiger partial charge in [0, 0.05) is 17.1 Å². The molecule has 180 valence electrons. The fraction of sp³-hybridized carbons (Fsp3) is 0.185. The van der Waals surface area contributed by atoms with Crippen LogP contribution in [-0.2, 0) is 16.0 Å². The van der Waals surface area contributed by atoms with Crippen molar-refractivity contribution in [1.82, 2.24) is 4.90 Å². The molecule has 0 radical (unpaired) electrons. The molecule has 6 nitrogen and oxygen atoms in total. The van der Waals surface area contributed by atoms with Crippen LogP contribution >= 0.6 is 11.6 Å². The van der Waals surface area contributed by atoms with Crippen molar-refractivity contribution in [3.8, 4) is 11.5 Å². The number of hydrogen-bond donors (Lipinski definition) is 2. The average Bonchev–Trinajstić information content (AvgIpc) is 3.09. The molecule has 1 aliphatic rings. The second kappa shape index (κ2) is 10.2. The van der Waals surface area contributed by atoms with Gasteiger partial charge in [0.15, 0.2) is 11.5 Å². The van der Waals surface area contributed by atoms with Crippen molar-refractivity contribution in [1.29, 1.82) is 0 Å². The quantitative estimate of drug-likeness (QED) is 0.266. The zero-order valence-electron chi connectivity index (χ0n) is 18.9. The minimum atomic E-state index is -0.936. The number of carbonyl (C=O) groups excluding carboxylic acids is 2.